The highest BCUT2D eigenvalue weighted by molar-refractivity contribution is 5.94. The highest BCUT2D eigenvalue weighted by Crippen LogP contribution is 2.22. The molecule has 4 heteroatoms. The third-order valence-corrected chi connectivity index (χ3v) is 2.69. The van der Waals surface area contributed by atoms with Crippen LogP contribution in [0.25, 0.3) is 0 Å². The Balaban J connectivity index is 2.22. The smallest absolute Gasteiger partial charge is 0.227 e. The van der Waals surface area contributed by atoms with E-state index < -0.39 is 0 Å². The van der Waals surface area contributed by atoms with Crippen LogP contribution in [0.4, 0.5) is 5.69 Å². The molecule has 1 aliphatic heterocycles. The highest BCUT2D eigenvalue weighted by atomic mass is 16.2. The summed E-state index contributed by atoms with van der Waals surface area (Å²) in [5, 5.41) is 0. The van der Waals surface area contributed by atoms with Gasteiger partial charge in [-0.05, 0) is 6.42 Å². The van der Waals surface area contributed by atoms with E-state index in [1.54, 1.807) is 17.3 Å². The summed E-state index contributed by atoms with van der Waals surface area (Å²) in [6.45, 7) is 7.01. The molecule has 4 nitrogen and oxygen atoms in total. The van der Waals surface area contributed by atoms with Gasteiger partial charge in [-0.15, -0.1) is 0 Å². The number of amides is 1. The largest absolute Gasteiger partial charge is 0.310 e. The number of hydrogen-bond donors (Lipinski definition) is 0. The van der Waals surface area contributed by atoms with Gasteiger partial charge in [-0.3, -0.25) is 4.79 Å². The molecule has 16 heavy (non-hydrogen) atoms. The summed E-state index contributed by atoms with van der Waals surface area (Å²) >= 11 is 0. The molecule has 0 aliphatic carbocycles. The number of aromatic nitrogens is 2. The molecule has 0 radical (unpaired) electrons. The summed E-state index contributed by atoms with van der Waals surface area (Å²) in [6, 6.07) is 0. The van der Waals surface area contributed by atoms with E-state index in [1.807, 2.05) is 0 Å². The van der Waals surface area contributed by atoms with Gasteiger partial charge in [0.1, 0.15) is 5.82 Å². The van der Waals surface area contributed by atoms with E-state index in [0.29, 0.717) is 6.42 Å². The molecule has 1 aliphatic rings. The van der Waals surface area contributed by atoms with Gasteiger partial charge in [0, 0.05) is 18.4 Å². The molecule has 2 heterocycles. The summed E-state index contributed by atoms with van der Waals surface area (Å²) in [6.07, 6.45) is 5.06. The predicted molar refractivity (Wildman–Crippen MR) is 62.3 cm³/mol. The zero-order chi connectivity index (χ0) is 11.8. The minimum Gasteiger partial charge on any atom is -0.310 e. The van der Waals surface area contributed by atoms with Crippen molar-refractivity contribution in [3.05, 3.63) is 18.2 Å². The molecular weight excluding hydrogens is 202 g/mol. The Morgan fingerprint density at radius 2 is 1.88 bits per heavy atom. The van der Waals surface area contributed by atoms with E-state index in [2.05, 4.69) is 30.7 Å². The van der Waals surface area contributed by atoms with Gasteiger partial charge in [0.2, 0.25) is 5.91 Å². The van der Waals surface area contributed by atoms with Crippen LogP contribution in [0.15, 0.2) is 12.4 Å². The molecule has 0 atom stereocenters. The van der Waals surface area contributed by atoms with Gasteiger partial charge in [-0.1, -0.05) is 20.8 Å². The lowest BCUT2D eigenvalue weighted by Gasteiger charge is -2.19. The molecule has 0 unspecified atom stereocenters. The zero-order valence-corrected chi connectivity index (χ0v) is 10.0. The molecule has 0 bridgehead atoms. The molecule has 2 rings (SSSR count). The van der Waals surface area contributed by atoms with Gasteiger partial charge >= 0.3 is 0 Å². The second-order valence-corrected chi connectivity index (χ2v) is 5.16. The fourth-order valence-electron chi connectivity index (χ4n) is 1.77. The van der Waals surface area contributed by atoms with Crippen LogP contribution in [0.1, 0.15) is 39.4 Å². The summed E-state index contributed by atoms with van der Waals surface area (Å²) < 4.78 is 0. The molecular formula is C12H17N3O. The average Bonchev–Trinajstić information content (AvgIpc) is 2.63. The van der Waals surface area contributed by atoms with Crippen molar-refractivity contribution in [3.8, 4) is 0 Å². The molecule has 0 aromatic carbocycles. The molecule has 0 spiro atoms. The maximum Gasteiger partial charge on any atom is 0.227 e. The highest BCUT2D eigenvalue weighted by Gasteiger charge is 2.23. The zero-order valence-electron chi connectivity index (χ0n) is 10.0. The summed E-state index contributed by atoms with van der Waals surface area (Å²) in [4.78, 5) is 21.9. The first-order valence-corrected chi connectivity index (χ1v) is 5.61. The third kappa shape index (κ3) is 2.05. The second-order valence-electron chi connectivity index (χ2n) is 5.16. The topological polar surface area (TPSA) is 46.1 Å². The van der Waals surface area contributed by atoms with Crippen molar-refractivity contribution in [2.45, 2.75) is 39.0 Å². The molecule has 0 N–H and O–H groups in total. The van der Waals surface area contributed by atoms with Gasteiger partial charge in [0.05, 0.1) is 18.1 Å². The maximum absolute atomic E-state index is 11.5. The van der Waals surface area contributed by atoms with Crippen LogP contribution in [0.2, 0.25) is 0 Å². The van der Waals surface area contributed by atoms with Crippen molar-refractivity contribution in [2.75, 3.05) is 11.4 Å². The number of carbonyl (C=O) groups is 1. The Morgan fingerprint density at radius 1 is 1.25 bits per heavy atom. The first-order chi connectivity index (χ1) is 7.48. The minimum absolute atomic E-state index is 0.0481. The van der Waals surface area contributed by atoms with Crippen molar-refractivity contribution in [1.29, 1.82) is 0 Å². The van der Waals surface area contributed by atoms with Crippen LogP contribution in [0.3, 0.4) is 0 Å². The van der Waals surface area contributed by atoms with E-state index in [1.165, 1.54) is 0 Å². The van der Waals surface area contributed by atoms with Crippen molar-refractivity contribution in [2.24, 2.45) is 0 Å². The predicted octanol–water partition coefficient (Wildman–Crippen LogP) is 1.90. The van der Waals surface area contributed by atoms with Crippen LogP contribution in [0.5, 0.6) is 0 Å². The molecule has 1 saturated heterocycles. The van der Waals surface area contributed by atoms with Crippen LogP contribution < -0.4 is 4.90 Å². The second kappa shape index (κ2) is 3.85. The quantitative estimate of drug-likeness (QED) is 0.724. The standard InChI is InChI=1S/C12H17N3O/c1-12(2,3)11-13-7-9(8-14-11)15-6-4-5-10(15)16/h7-8H,4-6H2,1-3H3. The Kier molecular flexibility index (Phi) is 2.66. The molecule has 1 fully saturated rings. The van der Waals surface area contributed by atoms with E-state index in [4.69, 9.17) is 0 Å². The minimum atomic E-state index is -0.0481. The number of rotatable bonds is 1. The molecule has 1 aromatic heterocycles. The van der Waals surface area contributed by atoms with Gasteiger partial charge < -0.3 is 4.90 Å². The Morgan fingerprint density at radius 3 is 2.31 bits per heavy atom. The fraction of sp³-hybridized carbons (Fsp3) is 0.583. The van der Waals surface area contributed by atoms with E-state index in [9.17, 15) is 4.79 Å². The Hall–Kier alpha value is -1.45. The molecule has 1 amide bonds. The van der Waals surface area contributed by atoms with Crippen molar-refractivity contribution >= 4 is 11.6 Å². The molecule has 86 valence electrons. The van der Waals surface area contributed by atoms with Gasteiger partial charge in [0.15, 0.2) is 0 Å². The van der Waals surface area contributed by atoms with Crippen LogP contribution in [-0.2, 0) is 10.2 Å². The van der Waals surface area contributed by atoms with E-state index >= 15 is 0 Å². The van der Waals surface area contributed by atoms with E-state index in [0.717, 1.165) is 24.5 Å². The normalized spacial score (nSPS) is 16.9. The van der Waals surface area contributed by atoms with Gasteiger partial charge in [-0.25, -0.2) is 9.97 Å². The lowest BCUT2D eigenvalue weighted by atomic mass is 9.96. The molecule has 1 aromatic rings. The van der Waals surface area contributed by atoms with Crippen molar-refractivity contribution in [3.63, 3.8) is 0 Å². The lowest BCUT2D eigenvalue weighted by Crippen LogP contribution is -2.25. The maximum atomic E-state index is 11.5. The Labute approximate surface area is 95.7 Å². The number of hydrogen-bond acceptors (Lipinski definition) is 3. The van der Waals surface area contributed by atoms with E-state index in [-0.39, 0.29) is 11.3 Å². The fourth-order valence-corrected chi connectivity index (χ4v) is 1.77. The number of anilines is 1. The van der Waals surface area contributed by atoms with Crippen molar-refractivity contribution in [1.82, 2.24) is 9.97 Å². The van der Waals surface area contributed by atoms with Crippen LogP contribution >= 0.6 is 0 Å². The summed E-state index contributed by atoms with van der Waals surface area (Å²) in [7, 11) is 0. The number of carbonyl (C=O) groups excluding carboxylic acids is 1. The first kappa shape index (κ1) is 11.0. The van der Waals surface area contributed by atoms with Gasteiger partial charge in [-0.2, -0.15) is 0 Å². The summed E-state index contributed by atoms with van der Waals surface area (Å²) in [5.74, 6) is 0.981. The van der Waals surface area contributed by atoms with Crippen LogP contribution in [-0.4, -0.2) is 22.4 Å². The number of nitrogens with zero attached hydrogens (tertiary/aromatic N) is 3. The monoisotopic (exact) mass is 219 g/mol. The summed E-state index contributed by atoms with van der Waals surface area (Å²) in [5.41, 5.74) is 0.767. The van der Waals surface area contributed by atoms with Gasteiger partial charge in [0.25, 0.3) is 0 Å². The van der Waals surface area contributed by atoms with Crippen molar-refractivity contribution < 1.29 is 4.79 Å². The lowest BCUT2D eigenvalue weighted by molar-refractivity contribution is -0.117. The Bertz CT molecular complexity index is 392. The first-order valence-electron chi connectivity index (χ1n) is 5.61. The SMILES string of the molecule is CC(C)(C)c1ncc(N2CCCC2=O)cn1. The van der Waals surface area contributed by atoms with Crippen LogP contribution in [0, 0.1) is 0 Å². The molecule has 0 saturated carbocycles. The third-order valence-electron chi connectivity index (χ3n) is 2.69. The average molecular weight is 219 g/mol.